The van der Waals surface area contributed by atoms with E-state index in [1.54, 1.807) is 11.3 Å². The number of halogens is 1. The second kappa shape index (κ2) is 44.3. The number of aryl methyl sites for hydroxylation is 2. The summed E-state index contributed by atoms with van der Waals surface area (Å²) in [7, 11) is 0. The second-order valence-corrected chi connectivity index (χ2v) is 26.0. The number of ketones is 1. The standard InChI is InChI=1S/C22H39NO2.C17H21NO2S.C14H19BrO.C6H14O.C6H12.C6H14/c1-5-7-13-24-14-15-25-22-17-19(4)18(3)16-21(22)20-8-11-23(10-6-2)12-9-20;1-12-16(21-11-18-12)14-8-5-13(6-9-14)7-10-15(19)20-17(2,3)4;1-5-10(4)11-7-6-8-12(15)13(11)14(16)9(2)3;1-3-5-7-6-4-2;1-6-4-2-3-5-6;1-4-6(3)5-2/h16,19-20H,5-15,17H2,1-4H3;5-6,8-9,11H,7,10H2,1-4H3;6-10H,5H2,1-4H3;3-6H2,1-2H3;6H,2-5H2,1H3;6H,4-5H2,1-3H3. The lowest BCUT2D eigenvalue weighted by Gasteiger charge is -2.35. The van der Waals surface area contributed by atoms with E-state index in [1.165, 1.54) is 111 Å². The third kappa shape index (κ3) is 32.6. The molecule has 0 amide bonds. The normalized spacial score (nSPS) is 16.1. The van der Waals surface area contributed by atoms with Crippen molar-refractivity contribution in [3.63, 3.8) is 0 Å². The lowest BCUT2D eigenvalue weighted by Crippen LogP contribution is -2.35. The number of benzene rings is 2. The van der Waals surface area contributed by atoms with Gasteiger partial charge in [0.1, 0.15) is 18.0 Å². The van der Waals surface area contributed by atoms with E-state index in [0.717, 1.165) is 90.6 Å². The summed E-state index contributed by atoms with van der Waals surface area (Å²) in [6.07, 6.45) is 22.7. The number of thiazole rings is 1. The van der Waals surface area contributed by atoms with E-state index in [-0.39, 0.29) is 17.7 Å². The van der Waals surface area contributed by atoms with E-state index in [9.17, 15) is 9.59 Å². The van der Waals surface area contributed by atoms with Crippen LogP contribution in [0.5, 0.6) is 0 Å². The Labute approximate surface area is 510 Å². The van der Waals surface area contributed by atoms with Crippen molar-refractivity contribution in [2.24, 2.45) is 29.6 Å². The first kappa shape index (κ1) is 75.9. The van der Waals surface area contributed by atoms with Gasteiger partial charge in [-0.1, -0.05) is 199 Å². The number of hydrogen-bond acceptors (Lipinski definition) is 9. The average molecular weight is 1210 g/mol. The number of hydrogen-bond donors (Lipinski definition) is 0. The monoisotopic (exact) mass is 1210 g/mol. The summed E-state index contributed by atoms with van der Waals surface area (Å²) >= 11 is 5.14. The van der Waals surface area contributed by atoms with Crippen molar-refractivity contribution < 1.29 is 28.5 Å². The van der Waals surface area contributed by atoms with Crippen molar-refractivity contribution in [2.45, 2.75) is 245 Å². The Morgan fingerprint density at radius 2 is 1.38 bits per heavy atom. The number of Topliss-reactive ketones (excluding diaryl/α,β-unsaturated/α-hetero) is 1. The summed E-state index contributed by atoms with van der Waals surface area (Å²) < 4.78 is 23.2. The maximum absolute atomic E-state index is 12.2. The van der Waals surface area contributed by atoms with E-state index in [0.29, 0.717) is 43.8 Å². The fourth-order valence-corrected chi connectivity index (χ4v) is 10.8. The van der Waals surface area contributed by atoms with Crippen LogP contribution in [0.4, 0.5) is 0 Å². The number of rotatable bonds is 24. The quantitative estimate of drug-likeness (QED) is 0.0498. The lowest BCUT2D eigenvalue weighted by molar-refractivity contribution is -0.154. The summed E-state index contributed by atoms with van der Waals surface area (Å²) in [6.45, 7) is 46.1. The summed E-state index contributed by atoms with van der Waals surface area (Å²) in [5.41, 5.74) is 9.86. The predicted molar refractivity (Wildman–Crippen MR) is 353 cm³/mol. The highest BCUT2D eigenvalue weighted by Crippen LogP contribution is 2.37. The van der Waals surface area contributed by atoms with E-state index in [2.05, 4.69) is 145 Å². The molecule has 1 saturated carbocycles. The second-order valence-electron chi connectivity index (χ2n) is 24.3. The average Bonchev–Trinajstić information content (AvgIpc) is 4.18. The Hall–Kier alpha value is -3.15. The Kier molecular flexibility index (Phi) is 41.5. The van der Waals surface area contributed by atoms with Crippen molar-refractivity contribution in [1.29, 1.82) is 0 Å². The van der Waals surface area contributed by atoms with Crippen LogP contribution in [-0.4, -0.2) is 79.9 Å². The first-order valence-electron chi connectivity index (χ1n) is 32.1. The third-order valence-corrected chi connectivity index (χ3v) is 17.0. The third-order valence-electron chi connectivity index (χ3n) is 15.4. The zero-order valence-electron chi connectivity index (χ0n) is 55.0. The maximum atomic E-state index is 12.2. The van der Waals surface area contributed by atoms with Crippen LogP contribution in [0.1, 0.15) is 254 Å². The van der Waals surface area contributed by atoms with Gasteiger partial charge in [0.2, 0.25) is 0 Å². The van der Waals surface area contributed by atoms with Crippen LogP contribution in [0.2, 0.25) is 0 Å². The zero-order chi connectivity index (χ0) is 60.8. The Bertz CT molecular complexity index is 2150. The number of allylic oxidation sites excluding steroid dienone is 4. The molecule has 462 valence electrons. The van der Waals surface area contributed by atoms with E-state index in [1.807, 2.05) is 59.2 Å². The number of esters is 1. The molecule has 2 aliphatic carbocycles. The molecule has 0 N–H and O–H groups in total. The van der Waals surface area contributed by atoms with E-state index >= 15 is 0 Å². The fraction of sp³-hybridized carbons (Fsp3) is 0.704. The Morgan fingerprint density at radius 3 is 1.86 bits per heavy atom. The van der Waals surface area contributed by atoms with Gasteiger partial charge in [-0.05, 0) is 164 Å². The van der Waals surface area contributed by atoms with Gasteiger partial charge in [0.05, 0.1) is 22.7 Å². The van der Waals surface area contributed by atoms with Crippen molar-refractivity contribution in [3.8, 4) is 10.4 Å². The molecule has 1 saturated heterocycles. The van der Waals surface area contributed by atoms with Crippen LogP contribution < -0.4 is 0 Å². The number of piperidine rings is 1. The highest BCUT2D eigenvalue weighted by molar-refractivity contribution is 9.10. The minimum Gasteiger partial charge on any atom is -0.495 e. The molecule has 2 heterocycles. The van der Waals surface area contributed by atoms with Crippen LogP contribution >= 0.6 is 27.3 Å². The van der Waals surface area contributed by atoms with Gasteiger partial charge in [0.15, 0.2) is 5.78 Å². The van der Waals surface area contributed by atoms with Gasteiger partial charge in [-0.3, -0.25) is 9.59 Å². The van der Waals surface area contributed by atoms with E-state index in [4.69, 9.17) is 18.9 Å². The number of carbonyl (C=O) groups excluding carboxylic acids is 2. The minimum absolute atomic E-state index is 0.0431. The molecule has 3 aliphatic rings. The fourth-order valence-electron chi connectivity index (χ4n) is 9.44. The number of aromatic nitrogens is 1. The van der Waals surface area contributed by atoms with Crippen molar-refractivity contribution >= 4 is 39.0 Å². The molecule has 10 heteroatoms. The molecular weight excluding hydrogens is 1090 g/mol. The van der Waals surface area contributed by atoms with Crippen LogP contribution in [0.3, 0.4) is 0 Å². The van der Waals surface area contributed by atoms with Crippen molar-refractivity contribution in [2.75, 3.05) is 52.7 Å². The number of unbranched alkanes of at least 4 members (excludes halogenated alkanes) is 1. The molecular formula is C71H119BrN2O6S. The zero-order valence-corrected chi connectivity index (χ0v) is 57.4. The molecule has 2 aromatic carbocycles. The molecule has 2 unspecified atom stereocenters. The molecule has 81 heavy (non-hydrogen) atoms. The summed E-state index contributed by atoms with van der Waals surface area (Å²) in [6, 6.07) is 14.3. The van der Waals surface area contributed by atoms with Gasteiger partial charge in [-0.25, -0.2) is 4.98 Å². The minimum atomic E-state index is -0.412. The molecule has 3 aromatic rings. The van der Waals surface area contributed by atoms with Gasteiger partial charge >= 0.3 is 5.97 Å². The predicted octanol–water partition coefficient (Wildman–Crippen LogP) is 20.8. The number of carbonyl (C=O) groups is 2. The number of ether oxygens (including phenoxy) is 4. The van der Waals surface area contributed by atoms with Gasteiger partial charge in [0.25, 0.3) is 0 Å². The topological polar surface area (TPSA) is 87.2 Å². The van der Waals surface area contributed by atoms with Crippen molar-refractivity contribution in [1.82, 2.24) is 9.88 Å². The molecule has 0 bridgehead atoms. The summed E-state index contributed by atoms with van der Waals surface area (Å²) in [5, 5.41) is 0. The molecule has 0 spiro atoms. The van der Waals surface area contributed by atoms with Gasteiger partial charge in [-0.2, -0.15) is 0 Å². The molecule has 6 rings (SSSR count). The smallest absolute Gasteiger partial charge is 0.306 e. The largest absolute Gasteiger partial charge is 0.495 e. The van der Waals surface area contributed by atoms with Crippen molar-refractivity contribution in [3.05, 3.63) is 97.8 Å². The number of nitrogens with zero attached hydrogens (tertiary/aromatic N) is 2. The first-order valence-corrected chi connectivity index (χ1v) is 33.7. The lowest BCUT2D eigenvalue weighted by atomic mass is 9.80. The maximum Gasteiger partial charge on any atom is 0.306 e. The summed E-state index contributed by atoms with van der Waals surface area (Å²) in [5.74, 6) is 5.04. The SMILES string of the molecule is CC1CCCC1.CCC(C)CC.CCC(C)c1cccc(Br)c1C(=O)C(C)C.CCCCOCCOC1=C(C2CCN(CCC)CC2)C=C(C)C(C)C1.CCCOCCC.Cc1ncsc1-c1ccc(CCC(=O)OC(C)(C)C)cc1. The molecule has 1 aromatic heterocycles. The van der Waals surface area contributed by atoms with Gasteiger partial charge in [0, 0.05) is 48.6 Å². The Balaban J connectivity index is 0.000000528. The highest BCUT2D eigenvalue weighted by Gasteiger charge is 2.28. The Morgan fingerprint density at radius 1 is 0.765 bits per heavy atom. The molecule has 0 radical (unpaired) electrons. The molecule has 2 atom stereocenters. The molecule has 1 aliphatic heterocycles. The molecule has 8 nitrogen and oxygen atoms in total. The van der Waals surface area contributed by atoms with Crippen LogP contribution in [-0.2, 0) is 30.2 Å². The van der Waals surface area contributed by atoms with Gasteiger partial charge < -0.3 is 23.8 Å². The van der Waals surface area contributed by atoms with Crippen LogP contribution in [0.25, 0.3) is 10.4 Å². The first-order chi connectivity index (χ1) is 38.6. The summed E-state index contributed by atoms with van der Waals surface area (Å²) in [4.78, 5) is 32.0. The highest BCUT2D eigenvalue weighted by atomic mass is 79.9. The van der Waals surface area contributed by atoms with Crippen LogP contribution in [0.15, 0.2) is 75.4 Å². The van der Waals surface area contributed by atoms with Gasteiger partial charge in [-0.15, -0.1) is 11.3 Å². The molecule has 2 fully saturated rings. The number of likely N-dealkylation sites (tertiary alicyclic amines) is 1. The van der Waals surface area contributed by atoms with E-state index < -0.39 is 5.60 Å². The van der Waals surface area contributed by atoms with Crippen LogP contribution in [0, 0.1) is 36.5 Å².